The monoisotopic (exact) mass is 401 g/mol. The van der Waals surface area contributed by atoms with Gasteiger partial charge in [0.1, 0.15) is 0 Å². The standard InChI is InChI=1S/C23H19N3O2S/c1-15(27)24-19-11-9-17(10-12-19)21-14-29-23(25-21)26-22(28)13-18-7-4-6-16-5-2-3-8-20(16)18/h2-12,14H,13H2,1H3,(H,24,27)(H,25,26,28). The van der Waals surface area contributed by atoms with E-state index in [9.17, 15) is 9.59 Å². The average molecular weight is 401 g/mol. The molecule has 0 saturated heterocycles. The fourth-order valence-corrected chi connectivity index (χ4v) is 3.91. The number of hydrogen-bond donors (Lipinski definition) is 2. The van der Waals surface area contributed by atoms with Gasteiger partial charge in [-0.2, -0.15) is 0 Å². The van der Waals surface area contributed by atoms with Crippen LogP contribution in [0.1, 0.15) is 12.5 Å². The maximum atomic E-state index is 12.5. The SMILES string of the molecule is CC(=O)Nc1ccc(-c2csc(NC(=O)Cc3cccc4ccccc34)n2)cc1. The van der Waals surface area contributed by atoms with Crippen molar-refractivity contribution in [2.24, 2.45) is 0 Å². The summed E-state index contributed by atoms with van der Waals surface area (Å²) in [7, 11) is 0. The molecule has 5 nitrogen and oxygen atoms in total. The Hall–Kier alpha value is -3.51. The molecule has 0 aliphatic heterocycles. The van der Waals surface area contributed by atoms with E-state index in [1.54, 1.807) is 0 Å². The van der Waals surface area contributed by atoms with Crippen LogP contribution >= 0.6 is 11.3 Å². The second-order valence-electron chi connectivity index (χ2n) is 6.66. The largest absolute Gasteiger partial charge is 0.326 e. The van der Waals surface area contributed by atoms with Gasteiger partial charge in [-0.25, -0.2) is 4.98 Å². The minimum Gasteiger partial charge on any atom is -0.326 e. The first-order chi connectivity index (χ1) is 14.1. The van der Waals surface area contributed by atoms with E-state index in [0.717, 1.165) is 33.3 Å². The molecule has 2 N–H and O–H groups in total. The average Bonchev–Trinajstić information content (AvgIpc) is 3.17. The molecule has 0 saturated carbocycles. The van der Waals surface area contributed by atoms with Gasteiger partial charge in [-0.1, -0.05) is 54.6 Å². The number of thiazole rings is 1. The molecule has 6 heteroatoms. The van der Waals surface area contributed by atoms with Gasteiger partial charge in [-0.3, -0.25) is 9.59 Å². The van der Waals surface area contributed by atoms with Gasteiger partial charge >= 0.3 is 0 Å². The zero-order valence-corrected chi connectivity index (χ0v) is 16.6. The molecule has 29 heavy (non-hydrogen) atoms. The topological polar surface area (TPSA) is 71.1 Å². The zero-order chi connectivity index (χ0) is 20.2. The molecule has 0 fully saturated rings. The number of anilines is 2. The van der Waals surface area contributed by atoms with Crippen molar-refractivity contribution in [3.63, 3.8) is 0 Å². The normalized spacial score (nSPS) is 10.7. The lowest BCUT2D eigenvalue weighted by Gasteiger charge is -2.06. The number of nitrogens with zero attached hydrogens (tertiary/aromatic N) is 1. The number of rotatable bonds is 5. The molecular weight excluding hydrogens is 382 g/mol. The number of hydrogen-bond acceptors (Lipinski definition) is 4. The second-order valence-corrected chi connectivity index (χ2v) is 7.52. The molecule has 0 aliphatic rings. The Labute approximate surface area is 172 Å². The molecule has 3 aromatic carbocycles. The van der Waals surface area contributed by atoms with Gasteiger partial charge < -0.3 is 10.6 Å². The van der Waals surface area contributed by atoms with E-state index in [-0.39, 0.29) is 11.8 Å². The fraction of sp³-hybridized carbons (Fsp3) is 0.0870. The zero-order valence-electron chi connectivity index (χ0n) is 15.8. The Balaban J connectivity index is 1.44. The molecule has 0 unspecified atom stereocenters. The maximum Gasteiger partial charge on any atom is 0.230 e. The number of nitrogens with one attached hydrogen (secondary N) is 2. The molecule has 0 bridgehead atoms. The first-order valence-electron chi connectivity index (χ1n) is 9.18. The van der Waals surface area contributed by atoms with Gasteiger partial charge in [0.25, 0.3) is 0 Å². The number of fused-ring (bicyclic) bond motifs is 1. The van der Waals surface area contributed by atoms with Crippen LogP contribution in [-0.2, 0) is 16.0 Å². The van der Waals surface area contributed by atoms with Crippen molar-refractivity contribution in [3.8, 4) is 11.3 Å². The number of benzene rings is 3. The van der Waals surface area contributed by atoms with E-state index >= 15 is 0 Å². The third-order valence-electron chi connectivity index (χ3n) is 4.48. The Bertz CT molecular complexity index is 1180. The molecule has 0 aliphatic carbocycles. The molecule has 144 valence electrons. The van der Waals surface area contributed by atoms with Crippen LogP contribution in [0, 0.1) is 0 Å². The molecule has 0 atom stereocenters. The van der Waals surface area contributed by atoms with E-state index in [2.05, 4.69) is 15.6 Å². The summed E-state index contributed by atoms with van der Waals surface area (Å²) in [6, 6.07) is 21.5. The van der Waals surface area contributed by atoms with Crippen molar-refractivity contribution in [1.82, 2.24) is 4.98 Å². The Morgan fingerprint density at radius 2 is 1.69 bits per heavy atom. The molecule has 0 spiro atoms. The van der Waals surface area contributed by atoms with Crippen molar-refractivity contribution in [2.75, 3.05) is 10.6 Å². The van der Waals surface area contributed by atoms with Gasteiger partial charge in [-0.05, 0) is 28.5 Å². The molecule has 4 rings (SSSR count). The maximum absolute atomic E-state index is 12.5. The molecule has 1 heterocycles. The summed E-state index contributed by atoms with van der Waals surface area (Å²) in [5.41, 5.74) is 3.43. The highest BCUT2D eigenvalue weighted by Crippen LogP contribution is 2.26. The Morgan fingerprint density at radius 3 is 2.48 bits per heavy atom. The summed E-state index contributed by atoms with van der Waals surface area (Å²) >= 11 is 1.39. The van der Waals surface area contributed by atoms with Crippen LogP contribution in [0.2, 0.25) is 0 Å². The van der Waals surface area contributed by atoms with Gasteiger partial charge in [0, 0.05) is 23.6 Å². The predicted molar refractivity (Wildman–Crippen MR) is 118 cm³/mol. The van der Waals surface area contributed by atoms with Crippen molar-refractivity contribution in [2.45, 2.75) is 13.3 Å². The lowest BCUT2D eigenvalue weighted by Crippen LogP contribution is -2.14. The van der Waals surface area contributed by atoms with Gasteiger partial charge in [-0.15, -0.1) is 11.3 Å². The summed E-state index contributed by atoms with van der Waals surface area (Å²) in [5, 5.41) is 10.3. The highest BCUT2D eigenvalue weighted by atomic mass is 32.1. The quantitative estimate of drug-likeness (QED) is 0.489. The van der Waals surface area contributed by atoms with Crippen LogP contribution in [0.15, 0.2) is 72.1 Å². The summed E-state index contributed by atoms with van der Waals surface area (Å²) in [6.45, 7) is 1.47. The molecule has 2 amide bonds. The summed E-state index contributed by atoms with van der Waals surface area (Å²) in [5.74, 6) is -0.203. The number of carbonyl (C=O) groups is 2. The summed E-state index contributed by atoms with van der Waals surface area (Å²) in [6.07, 6.45) is 0.293. The first-order valence-corrected chi connectivity index (χ1v) is 10.1. The molecule has 4 aromatic rings. The van der Waals surface area contributed by atoms with Crippen LogP contribution in [0.25, 0.3) is 22.0 Å². The van der Waals surface area contributed by atoms with Crippen molar-refractivity contribution < 1.29 is 9.59 Å². The van der Waals surface area contributed by atoms with E-state index < -0.39 is 0 Å². The van der Waals surface area contributed by atoms with Crippen molar-refractivity contribution >= 4 is 44.7 Å². The minimum absolute atomic E-state index is 0.0942. The molecular formula is C23H19N3O2S. The lowest BCUT2D eigenvalue weighted by atomic mass is 10.0. The minimum atomic E-state index is -0.109. The Kier molecular flexibility index (Phi) is 5.35. The van der Waals surface area contributed by atoms with Crippen molar-refractivity contribution in [3.05, 3.63) is 77.7 Å². The number of aromatic nitrogens is 1. The summed E-state index contributed by atoms with van der Waals surface area (Å²) < 4.78 is 0. The van der Waals surface area contributed by atoms with Crippen LogP contribution in [-0.4, -0.2) is 16.8 Å². The van der Waals surface area contributed by atoms with Gasteiger partial charge in [0.15, 0.2) is 5.13 Å². The second kappa shape index (κ2) is 8.24. The highest BCUT2D eigenvalue weighted by molar-refractivity contribution is 7.14. The molecule has 0 radical (unpaired) electrons. The highest BCUT2D eigenvalue weighted by Gasteiger charge is 2.11. The summed E-state index contributed by atoms with van der Waals surface area (Å²) in [4.78, 5) is 28.2. The molecule has 1 aromatic heterocycles. The van der Waals surface area contributed by atoms with E-state index in [0.29, 0.717) is 11.6 Å². The van der Waals surface area contributed by atoms with E-state index in [1.165, 1.54) is 18.3 Å². The first kappa shape index (κ1) is 18.8. The fourth-order valence-electron chi connectivity index (χ4n) is 3.17. The van der Waals surface area contributed by atoms with Crippen LogP contribution in [0.4, 0.5) is 10.8 Å². The number of carbonyl (C=O) groups excluding carboxylic acids is 2. The smallest absolute Gasteiger partial charge is 0.230 e. The van der Waals surface area contributed by atoms with E-state index in [1.807, 2.05) is 72.1 Å². The predicted octanol–water partition coefficient (Wildman–Crippen LogP) is 5.10. The van der Waals surface area contributed by atoms with Crippen molar-refractivity contribution in [1.29, 1.82) is 0 Å². The lowest BCUT2D eigenvalue weighted by molar-refractivity contribution is -0.116. The van der Waals surface area contributed by atoms with Crippen LogP contribution < -0.4 is 10.6 Å². The van der Waals surface area contributed by atoms with Crippen LogP contribution in [0.3, 0.4) is 0 Å². The van der Waals surface area contributed by atoms with Gasteiger partial charge in [0.05, 0.1) is 12.1 Å². The Morgan fingerprint density at radius 1 is 0.931 bits per heavy atom. The van der Waals surface area contributed by atoms with Gasteiger partial charge in [0.2, 0.25) is 11.8 Å². The van der Waals surface area contributed by atoms with Crippen LogP contribution in [0.5, 0.6) is 0 Å². The number of amides is 2. The van der Waals surface area contributed by atoms with E-state index in [4.69, 9.17) is 0 Å². The third kappa shape index (κ3) is 4.50. The third-order valence-corrected chi connectivity index (χ3v) is 5.24.